The fourth-order valence-electron chi connectivity index (χ4n) is 2.79. The first-order valence-electron chi connectivity index (χ1n) is 8.79. The van der Waals surface area contributed by atoms with Gasteiger partial charge in [0.25, 0.3) is 5.89 Å². The van der Waals surface area contributed by atoms with Gasteiger partial charge in [0.15, 0.2) is 11.5 Å². The van der Waals surface area contributed by atoms with E-state index in [1.807, 2.05) is 24.3 Å². The highest BCUT2D eigenvalue weighted by Gasteiger charge is 2.39. The number of hydrogen-bond acceptors (Lipinski definition) is 6. The summed E-state index contributed by atoms with van der Waals surface area (Å²) in [4.78, 5) is 16.7. The molecule has 1 N–H and O–H groups in total. The largest absolute Gasteiger partial charge is 0.334 e. The zero-order valence-corrected chi connectivity index (χ0v) is 14.3. The Hall–Kier alpha value is -3.01. The molecule has 1 aromatic carbocycles. The van der Waals surface area contributed by atoms with Gasteiger partial charge in [0, 0.05) is 42.9 Å². The van der Waals surface area contributed by atoms with Crippen LogP contribution in [0.3, 0.4) is 0 Å². The fourth-order valence-corrected chi connectivity index (χ4v) is 2.79. The Morgan fingerprint density at radius 3 is 2.92 bits per heavy atom. The molecule has 132 valence electrons. The standard InChI is InChI=1S/C19H19N5O2/c1-2-3-10-19(23-24-19)11-9-16(25)20-15-6-4-5-14(12-15)18-21-17(22-26-18)13-7-8-13/h1,4-6,12-13H,3,7-11H2,(H,20,25). The van der Waals surface area contributed by atoms with Crippen molar-refractivity contribution >= 4 is 11.6 Å². The van der Waals surface area contributed by atoms with Crippen LogP contribution in [0.5, 0.6) is 0 Å². The molecule has 1 aliphatic carbocycles. The molecule has 0 saturated heterocycles. The van der Waals surface area contributed by atoms with E-state index in [0.717, 1.165) is 24.2 Å². The van der Waals surface area contributed by atoms with E-state index in [4.69, 9.17) is 10.9 Å². The maximum Gasteiger partial charge on any atom is 0.258 e. The van der Waals surface area contributed by atoms with Crippen LogP contribution in [0.1, 0.15) is 50.3 Å². The van der Waals surface area contributed by atoms with Gasteiger partial charge in [-0.2, -0.15) is 15.2 Å². The molecule has 0 atom stereocenters. The molecule has 2 heterocycles. The van der Waals surface area contributed by atoms with Gasteiger partial charge in [-0.1, -0.05) is 11.2 Å². The fraction of sp³-hybridized carbons (Fsp3) is 0.421. The lowest BCUT2D eigenvalue weighted by Gasteiger charge is -2.09. The topological polar surface area (TPSA) is 92.7 Å². The Morgan fingerprint density at radius 2 is 2.19 bits per heavy atom. The number of anilines is 1. The summed E-state index contributed by atoms with van der Waals surface area (Å²) >= 11 is 0. The van der Waals surface area contributed by atoms with Gasteiger partial charge < -0.3 is 9.84 Å². The molecule has 0 radical (unpaired) electrons. The molecule has 0 unspecified atom stereocenters. The summed E-state index contributed by atoms with van der Waals surface area (Å²) in [6.45, 7) is 0. The summed E-state index contributed by atoms with van der Waals surface area (Å²) < 4.78 is 5.34. The number of nitrogens with one attached hydrogen (secondary N) is 1. The molecule has 2 aliphatic rings. The second-order valence-electron chi connectivity index (χ2n) is 6.75. The number of amides is 1. The van der Waals surface area contributed by atoms with Crippen molar-refractivity contribution in [2.45, 2.75) is 50.1 Å². The highest BCUT2D eigenvalue weighted by molar-refractivity contribution is 5.91. The van der Waals surface area contributed by atoms with Crippen molar-refractivity contribution in [3.05, 3.63) is 30.1 Å². The smallest absolute Gasteiger partial charge is 0.258 e. The summed E-state index contributed by atoms with van der Waals surface area (Å²) in [7, 11) is 0. The van der Waals surface area contributed by atoms with Crippen LogP contribution in [0.2, 0.25) is 0 Å². The van der Waals surface area contributed by atoms with Gasteiger partial charge in [0.1, 0.15) is 0 Å². The molecule has 7 heteroatoms. The predicted molar refractivity (Wildman–Crippen MR) is 95.2 cm³/mol. The predicted octanol–water partition coefficient (Wildman–Crippen LogP) is 3.91. The Kier molecular flexibility index (Phi) is 4.25. The number of rotatable bonds is 8. The van der Waals surface area contributed by atoms with Crippen molar-refractivity contribution in [1.29, 1.82) is 0 Å². The van der Waals surface area contributed by atoms with Gasteiger partial charge in [-0.25, -0.2) is 0 Å². The lowest BCUT2D eigenvalue weighted by molar-refractivity contribution is -0.116. The van der Waals surface area contributed by atoms with Crippen LogP contribution < -0.4 is 5.32 Å². The number of terminal acetylenes is 1. The van der Waals surface area contributed by atoms with Crippen LogP contribution in [-0.2, 0) is 4.79 Å². The van der Waals surface area contributed by atoms with Crippen molar-refractivity contribution < 1.29 is 9.32 Å². The molecular weight excluding hydrogens is 330 g/mol. The Balaban J connectivity index is 1.34. The molecule has 1 fully saturated rings. The quantitative estimate of drug-likeness (QED) is 0.731. The monoisotopic (exact) mass is 349 g/mol. The molecule has 1 saturated carbocycles. The highest BCUT2D eigenvalue weighted by Crippen LogP contribution is 2.39. The lowest BCUT2D eigenvalue weighted by atomic mass is 10.0. The number of carbonyl (C=O) groups is 1. The third-order valence-electron chi connectivity index (χ3n) is 4.58. The molecule has 26 heavy (non-hydrogen) atoms. The average Bonchev–Trinajstić information content (AvgIpc) is 3.58. The van der Waals surface area contributed by atoms with E-state index in [-0.39, 0.29) is 5.91 Å². The average molecular weight is 349 g/mol. The van der Waals surface area contributed by atoms with E-state index in [1.54, 1.807) is 0 Å². The summed E-state index contributed by atoms with van der Waals surface area (Å²) in [6, 6.07) is 7.41. The minimum atomic E-state index is -0.436. The summed E-state index contributed by atoms with van der Waals surface area (Å²) in [5.74, 6) is 4.19. The Morgan fingerprint density at radius 1 is 1.35 bits per heavy atom. The molecule has 2 aromatic rings. The van der Waals surface area contributed by atoms with E-state index < -0.39 is 5.66 Å². The first-order valence-corrected chi connectivity index (χ1v) is 8.79. The Bertz CT molecular complexity index is 885. The van der Waals surface area contributed by atoms with E-state index >= 15 is 0 Å². The first-order chi connectivity index (χ1) is 12.7. The molecule has 1 aromatic heterocycles. The van der Waals surface area contributed by atoms with Gasteiger partial charge >= 0.3 is 0 Å². The Labute approximate surface area is 151 Å². The van der Waals surface area contributed by atoms with Crippen LogP contribution in [0, 0.1) is 12.3 Å². The molecule has 0 spiro atoms. The van der Waals surface area contributed by atoms with E-state index in [0.29, 0.717) is 43.2 Å². The van der Waals surface area contributed by atoms with Crippen molar-refractivity contribution in [3.8, 4) is 23.8 Å². The first kappa shape index (κ1) is 16.5. The third kappa shape index (κ3) is 3.80. The molecular formula is C19H19N5O2. The van der Waals surface area contributed by atoms with Gasteiger partial charge in [0.05, 0.1) is 0 Å². The minimum Gasteiger partial charge on any atom is -0.334 e. The lowest BCUT2D eigenvalue weighted by Crippen LogP contribution is -2.17. The van der Waals surface area contributed by atoms with E-state index in [2.05, 4.69) is 31.6 Å². The maximum absolute atomic E-state index is 12.2. The second kappa shape index (κ2) is 6.71. The number of aromatic nitrogens is 2. The highest BCUT2D eigenvalue weighted by atomic mass is 16.5. The zero-order chi connectivity index (χ0) is 18.0. The zero-order valence-electron chi connectivity index (χ0n) is 14.3. The SMILES string of the molecule is C#CCCC1(CCC(=O)Nc2cccc(-c3nc(C4CC4)no3)c2)N=N1. The van der Waals surface area contributed by atoms with E-state index in [9.17, 15) is 4.79 Å². The number of carbonyl (C=O) groups excluding carboxylic acids is 1. The van der Waals surface area contributed by atoms with Crippen molar-refractivity contribution in [1.82, 2.24) is 10.1 Å². The van der Waals surface area contributed by atoms with Gasteiger partial charge in [-0.15, -0.1) is 12.3 Å². The van der Waals surface area contributed by atoms with Crippen molar-refractivity contribution in [2.24, 2.45) is 10.2 Å². The van der Waals surface area contributed by atoms with Gasteiger partial charge in [0.2, 0.25) is 5.91 Å². The van der Waals surface area contributed by atoms with Crippen molar-refractivity contribution in [3.63, 3.8) is 0 Å². The number of hydrogen-bond donors (Lipinski definition) is 1. The molecule has 7 nitrogen and oxygen atoms in total. The maximum atomic E-state index is 12.2. The van der Waals surface area contributed by atoms with Gasteiger partial charge in [-0.05, 0) is 31.0 Å². The normalized spacial score (nSPS) is 16.9. The molecule has 0 bridgehead atoms. The minimum absolute atomic E-state index is 0.0799. The van der Waals surface area contributed by atoms with Crippen LogP contribution in [0.25, 0.3) is 11.5 Å². The summed E-state index contributed by atoms with van der Waals surface area (Å²) in [6.07, 6.45) is 9.75. The van der Waals surface area contributed by atoms with Crippen LogP contribution in [-0.4, -0.2) is 21.7 Å². The second-order valence-corrected chi connectivity index (χ2v) is 6.75. The number of benzene rings is 1. The van der Waals surface area contributed by atoms with Crippen LogP contribution >= 0.6 is 0 Å². The molecule has 4 rings (SSSR count). The van der Waals surface area contributed by atoms with Crippen molar-refractivity contribution in [2.75, 3.05) is 5.32 Å². The van der Waals surface area contributed by atoms with Gasteiger partial charge in [-0.3, -0.25) is 4.79 Å². The molecule has 1 amide bonds. The molecule has 1 aliphatic heterocycles. The van der Waals surface area contributed by atoms with Crippen LogP contribution in [0.4, 0.5) is 5.69 Å². The van der Waals surface area contributed by atoms with E-state index in [1.165, 1.54) is 0 Å². The third-order valence-corrected chi connectivity index (χ3v) is 4.58. The summed E-state index contributed by atoms with van der Waals surface area (Å²) in [5, 5.41) is 15.0. The summed E-state index contributed by atoms with van der Waals surface area (Å²) in [5.41, 5.74) is 1.05. The van der Waals surface area contributed by atoms with Crippen LogP contribution in [0.15, 0.2) is 39.0 Å². The number of nitrogens with zero attached hydrogens (tertiary/aromatic N) is 4.